The van der Waals surface area contributed by atoms with Crippen LogP contribution in [0.2, 0.25) is 10.0 Å². The van der Waals surface area contributed by atoms with Gasteiger partial charge in [-0.3, -0.25) is 9.10 Å². The van der Waals surface area contributed by atoms with Crippen LogP contribution in [0.4, 0.5) is 11.4 Å². The third-order valence-electron chi connectivity index (χ3n) is 3.35. The Hall–Kier alpha value is -1.28. The van der Waals surface area contributed by atoms with Crippen LogP contribution < -0.4 is 9.62 Å². The van der Waals surface area contributed by atoms with E-state index in [1.165, 1.54) is 19.1 Å². The zero-order valence-electron chi connectivity index (χ0n) is 13.3. The van der Waals surface area contributed by atoms with Crippen LogP contribution in [0, 0.1) is 0 Å². The van der Waals surface area contributed by atoms with Gasteiger partial charge in [0.05, 0.1) is 17.0 Å². The van der Waals surface area contributed by atoms with Gasteiger partial charge in [-0.1, -0.05) is 39.1 Å². The Bertz CT molecular complexity index is 889. The number of hydrogen-bond acceptors (Lipinski definition) is 3. The Labute approximate surface area is 165 Å². The predicted octanol–water partition coefficient (Wildman–Crippen LogP) is 4.55. The van der Waals surface area contributed by atoms with E-state index in [2.05, 4.69) is 21.2 Å². The molecule has 2 aromatic rings. The molecule has 0 radical (unpaired) electrons. The number of halogens is 3. The van der Waals surface area contributed by atoms with Gasteiger partial charge in [0, 0.05) is 15.2 Å². The van der Waals surface area contributed by atoms with Crippen molar-refractivity contribution in [2.45, 2.75) is 13.0 Å². The predicted molar refractivity (Wildman–Crippen MR) is 106 cm³/mol. The van der Waals surface area contributed by atoms with Crippen LogP contribution in [0.25, 0.3) is 0 Å². The van der Waals surface area contributed by atoms with E-state index < -0.39 is 22.0 Å². The summed E-state index contributed by atoms with van der Waals surface area (Å²) in [6.45, 7) is 1.48. The number of nitrogens with zero attached hydrogens (tertiary/aromatic N) is 1. The van der Waals surface area contributed by atoms with Crippen LogP contribution in [0.15, 0.2) is 46.9 Å². The topological polar surface area (TPSA) is 66.5 Å². The van der Waals surface area contributed by atoms with E-state index in [-0.39, 0.29) is 10.7 Å². The summed E-state index contributed by atoms with van der Waals surface area (Å²) in [5.74, 6) is -0.496. The second-order valence-corrected chi connectivity index (χ2v) is 8.95. The number of benzene rings is 2. The molecule has 1 amide bonds. The smallest absolute Gasteiger partial charge is 0.247 e. The Morgan fingerprint density at radius 3 is 2.32 bits per heavy atom. The van der Waals surface area contributed by atoms with Gasteiger partial charge in [0.2, 0.25) is 15.9 Å². The number of rotatable bonds is 5. The molecular formula is C16H15BrCl2N2O3S. The van der Waals surface area contributed by atoms with Gasteiger partial charge < -0.3 is 5.32 Å². The fraction of sp³-hybridized carbons (Fsp3) is 0.188. The highest BCUT2D eigenvalue weighted by Crippen LogP contribution is 2.32. The SMILES string of the molecule is C[C@H](C(=O)Nc1ccc(Br)cc1)N(c1cc(Cl)ccc1Cl)S(C)(=O)=O. The van der Waals surface area contributed by atoms with E-state index in [0.29, 0.717) is 10.7 Å². The monoisotopic (exact) mass is 464 g/mol. The zero-order valence-corrected chi connectivity index (χ0v) is 17.2. The first-order chi connectivity index (χ1) is 11.6. The Morgan fingerprint density at radius 1 is 1.16 bits per heavy atom. The number of sulfonamides is 1. The number of anilines is 2. The number of nitrogens with one attached hydrogen (secondary N) is 1. The number of carbonyl (C=O) groups is 1. The highest BCUT2D eigenvalue weighted by molar-refractivity contribution is 9.10. The van der Waals surface area contributed by atoms with Crippen molar-refractivity contribution in [3.63, 3.8) is 0 Å². The fourth-order valence-electron chi connectivity index (χ4n) is 2.22. The molecule has 0 fully saturated rings. The Kier molecular flexibility index (Phi) is 6.37. The van der Waals surface area contributed by atoms with Gasteiger partial charge in [-0.25, -0.2) is 8.42 Å². The first kappa shape index (κ1) is 20.0. The van der Waals surface area contributed by atoms with E-state index in [1.54, 1.807) is 30.3 Å². The summed E-state index contributed by atoms with van der Waals surface area (Å²) < 4.78 is 26.4. The molecule has 2 aromatic carbocycles. The van der Waals surface area contributed by atoms with Gasteiger partial charge in [-0.2, -0.15) is 0 Å². The van der Waals surface area contributed by atoms with Gasteiger partial charge in [-0.15, -0.1) is 0 Å². The van der Waals surface area contributed by atoms with Gasteiger partial charge >= 0.3 is 0 Å². The lowest BCUT2D eigenvalue weighted by Crippen LogP contribution is -2.45. The molecule has 5 nitrogen and oxygen atoms in total. The van der Waals surface area contributed by atoms with Gasteiger partial charge in [0.15, 0.2) is 0 Å². The minimum atomic E-state index is -3.78. The molecule has 0 bridgehead atoms. The minimum Gasteiger partial charge on any atom is -0.324 e. The normalized spacial score (nSPS) is 12.5. The van der Waals surface area contributed by atoms with E-state index >= 15 is 0 Å². The van der Waals surface area contributed by atoms with Crippen molar-refractivity contribution < 1.29 is 13.2 Å². The van der Waals surface area contributed by atoms with Crippen molar-refractivity contribution in [2.24, 2.45) is 0 Å². The summed E-state index contributed by atoms with van der Waals surface area (Å²) in [6.07, 6.45) is 1.01. The summed E-state index contributed by atoms with van der Waals surface area (Å²) >= 11 is 15.4. The third kappa shape index (κ3) is 5.10. The molecule has 0 heterocycles. The van der Waals surface area contributed by atoms with E-state index in [0.717, 1.165) is 15.0 Å². The minimum absolute atomic E-state index is 0.148. The molecular weight excluding hydrogens is 451 g/mol. The summed E-state index contributed by atoms with van der Waals surface area (Å²) in [5, 5.41) is 3.18. The summed E-state index contributed by atoms with van der Waals surface area (Å²) in [6, 6.07) is 10.3. The lowest BCUT2D eigenvalue weighted by Gasteiger charge is -2.29. The molecule has 134 valence electrons. The summed E-state index contributed by atoms with van der Waals surface area (Å²) in [7, 11) is -3.78. The van der Waals surface area contributed by atoms with Crippen molar-refractivity contribution in [1.82, 2.24) is 0 Å². The molecule has 0 saturated heterocycles. The fourth-order valence-corrected chi connectivity index (χ4v) is 4.08. The van der Waals surface area contributed by atoms with Crippen LogP contribution >= 0.6 is 39.1 Å². The summed E-state index contributed by atoms with van der Waals surface area (Å²) in [5.41, 5.74) is 0.695. The third-order valence-corrected chi connectivity index (χ3v) is 5.66. The maximum atomic E-state index is 12.6. The standard InChI is InChI=1S/C16H15BrCl2N2O3S/c1-10(16(22)20-13-6-3-11(17)4-7-13)21(25(2,23)24)15-9-12(18)5-8-14(15)19/h3-10H,1-2H3,(H,20,22)/t10-/m1/s1. The second-order valence-electron chi connectivity index (χ2n) is 5.33. The zero-order chi connectivity index (χ0) is 18.8. The lowest BCUT2D eigenvalue weighted by molar-refractivity contribution is -0.116. The molecule has 0 aromatic heterocycles. The maximum Gasteiger partial charge on any atom is 0.247 e. The lowest BCUT2D eigenvalue weighted by atomic mass is 10.2. The maximum absolute atomic E-state index is 12.6. The molecule has 25 heavy (non-hydrogen) atoms. The second kappa shape index (κ2) is 7.95. The molecule has 0 spiro atoms. The van der Waals surface area contributed by atoms with E-state index in [9.17, 15) is 13.2 Å². The van der Waals surface area contributed by atoms with Crippen molar-refractivity contribution in [3.05, 3.63) is 57.0 Å². The summed E-state index contributed by atoms with van der Waals surface area (Å²) in [4.78, 5) is 12.6. The van der Waals surface area contributed by atoms with Crippen LogP contribution in [-0.2, 0) is 14.8 Å². The first-order valence-corrected chi connectivity index (χ1v) is 10.5. The van der Waals surface area contributed by atoms with E-state index in [4.69, 9.17) is 23.2 Å². The number of hydrogen-bond donors (Lipinski definition) is 1. The number of carbonyl (C=O) groups excluding carboxylic acids is 1. The molecule has 0 aliphatic heterocycles. The van der Waals surface area contributed by atoms with Crippen LogP contribution in [0.5, 0.6) is 0 Å². The molecule has 9 heteroatoms. The highest BCUT2D eigenvalue weighted by atomic mass is 79.9. The van der Waals surface area contributed by atoms with E-state index in [1.807, 2.05) is 0 Å². The Morgan fingerprint density at radius 2 is 1.76 bits per heavy atom. The molecule has 0 aliphatic carbocycles. The van der Waals surface area contributed by atoms with Gasteiger partial charge in [-0.05, 0) is 49.4 Å². The average Bonchev–Trinajstić information content (AvgIpc) is 2.51. The van der Waals surface area contributed by atoms with Crippen molar-refractivity contribution in [2.75, 3.05) is 15.9 Å². The largest absolute Gasteiger partial charge is 0.324 e. The van der Waals surface area contributed by atoms with Crippen molar-refractivity contribution in [3.8, 4) is 0 Å². The molecule has 2 rings (SSSR count). The van der Waals surface area contributed by atoms with Crippen molar-refractivity contribution in [1.29, 1.82) is 0 Å². The molecule has 0 unspecified atom stereocenters. The van der Waals surface area contributed by atoms with Crippen LogP contribution in [-0.4, -0.2) is 26.6 Å². The van der Waals surface area contributed by atoms with Crippen LogP contribution in [0.1, 0.15) is 6.92 Å². The Balaban J connectivity index is 2.36. The highest BCUT2D eigenvalue weighted by Gasteiger charge is 2.30. The molecule has 0 saturated carbocycles. The van der Waals surface area contributed by atoms with Gasteiger partial charge in [0.1, 0.15) is 6.04 Å². The first-order valence-electron chi connectivity index (χ1n) is 7.10. The van der Waals surface area contributed by atoms with Crippen LogP contribution in [0.3, 0.4) is 0 Å². The average molecular weight is 466 g/mol. The molecule has 1 N–H and O–H groups in total. The number of amides is 1. The van der Waals surface area contributed by atoms with Gasteiger partial charge in [0.25, 0.3) is 0 Å². The quantitative estimate of drug-likeness (QED) is 0.704. The molecule has 0 aliphatic rings. The van der Waals surface area contributed by atoms with Crippen molar-refractivity contribution >= 4 is 66.4 Å². The molecule has 1 atom stereocenters.